The molecule has 4 heteroatoms. The van der Waals surface area contributed by atoms with E-state index in [0.29, 0.717) is 5.95 Å². The van der Waals surface area contributed by atoms with Gasteiger partial charge in [0.2, 0.25) is 5.95 Å². The van der Waals surface area contributed by atoms with E-state index in [1.807, 2.05) is 17.4 Å². The molecule has 3 heterocycles. The van der Waals surface area contributed by atoms with Gasteiger partial charge in [-0.05, 0) is 46.7 Å². The standard InChI is InChI=1S/C42H25N3S/c1-2-12-26(13-3-1)40-32-16-6-8-21-35(32)43-42(44-40)45-36-25-28-15-5-4-14-27(28)24-34(36)31-20-10-19-30(41(31)45)29-18-11-23-38-39(29)33-17-7-9-22-37(33)46-38/h1-25H. The SMILES string of the molecule is c1ccc(-c2nc(-n3c4cc5ccccc5cc4c4cccc(-c5cccc6sc7ccccc7c56)c43)nc3ccccc23)cc1. The summed E-state index contributed by atoms with van der Waals surface area (Å²) in [5.41, 5.74) is 7.53. The van der Waals surface area contributed by atoms with Gasteiger partial charge in [0, 0.05) is 47.5 Å². The van der Waals surface area contributed by atoms with Gasteiger partial charge in [-0.3, -0.25) is 4.57 Å². The van der Waals surface area contributed by atoms with Crippen LogP contribution in [0, 0.1) is 0 Å². The molecule has 0 saturated carbocycles. The number of rotatable bonds is 3. The number of para-hydroxylation sites is 2. The van der Waals surface area contributed by atoms with Gasteiger partial charge in [-0.25, -0.2) is 9.97 Å². The highest BCUT2D eigenvalue weighted by Gasteiger charge is 2.22. The Morgan fingerprint density at radius 3 is 2.04 bits per heavy atom. The Morgan fingerprint density at radius 1 is 0.478 bits per heavy atom. The van der Waals surface area contributed by atoms with Crippen LogP contribution in [0.2, 0.25) is 0 Å². The predicted octanol–water partition coefficient (Wildman–Crippen LogP) is 11.6. The molecule has 3 aromatic heterocycles. The largest absolute Gasteiger partial charge is 0.277 e. The third kappa shape index (κ3) is 3.71. The molecule has 0 spiro atoms. The Hall–Kier alpha value is -5.84. The van der Waals surface area contributed by atoms with Gasteiger partial charge in [-0.15, -0.1) is 11.3 Å². The van der Waals surface area contributed by atoms with E-state index in [1.54, 1.807) is 0 Å². The van der Waals surface area contributed by atoms with E-state index >= 15 is 0 Å². The molecule has 0 bridgehead atoms. The number of hydrogen-bond donors (Lipinski definition) is 0. The van der Waals surface area contributed by atoms with Crippen LogP contribution in [0.1, 0.15) is 0 Å². The highest BCUT2D eigenvalue weighted by Crippen LogP contribution is 2.44. The van der Waals surface area contributed by atoms with Crippen LogP contribution >= 0.6 is 11.3 Å². The summed E-state index contributed by atoms with van der Waals surface area (Å²) in [5.74, 6) is 0.669. The molecule has 0 atom stereocenters. The van der Waals surface area contributed by atoms with Gasteiger partial charge < -0.3 is 0 Å². The number of nitrogens with zero attached hydrogens (tertiary/aromatic N) is 3. The van der Waals surface area contributed by atoms with Crippen molar-refractivity contribution in [2.24, 2.45) is 0 Å². The third-order valence-electron chi connectivity index (χ3n) is 9.19. The van der Waals surface area contributed by atoms with Crippen molar-refractivity contribution in [2.45, 2.75) is 0 Å². The fourth-order valence-corrected chi connectivity index (χ4v) is 8.29. The first-order valence-electron chi connectivity index (χ1n) is 15.5. The van der Waals surface area contributed by atoms with Gasteiger partial charge in [-0.2, -0.15) is 0 Å². The fourth-order valence-electron chi connectivity index (χ4n) is 7.16. The van der Waals surface area contributed by atoms with E-state index in [0.717, 1.165) is 33.2 Å². The van der Waals surface area contributed by atoms with Crippen LogP contribution in [0.15, 0.2) is 152 Å². The van der Waals surface area contributed by atoms with Crippen LogP contribution < -0.4 is 0 Å². The lowest BCUT2D eigenvalue weighted by atomic mass is 9.97. The molecule has 7 aromatic carbocycles. The summed E-state index contributed by atoms with van der Waals surface area (Å²) in [7, 11) is 0. The predicted molar refractivity (Wildman–Crippen MR) is 195 cm³/mol. The van der Waals surface area contributed by atoms with Gasteiger partial charge in [0.15, 0.2) is 0 Å². The quantitative estimate of drug-likeness (QED) is 0.201. The molecule has 3 nitrogen and oxygen atoms in total. The minimum atomic E-state index is 0.669. The van der Waals surface area contributed by atoms with Crippen molar-refractivity contribution in [1.82, 2.24) is 14.5 Å². The van der Waals surface area contributed by atoms with Gasteiger partial charge >= 0.3 is 0 Å². The van der Waals surface area contributed by atoms with Crippen LogP contribution in [-0.2, 0) is 0 Å². The molecule has 0 aliphatic carbocycles. The van der Waals surface area contributed by atoms with E-state index in [9.17, 15) is 0 Å². The van der Waals surface area contributed by atoms with Gasteiger partial charge in [-0.1, -0.05) is 121 Å². The topological polar surface area (TPSA) is 30.7 Å². The van der Waals surface area contributed by atoms with Crippen molar-refractivity contribution in [2.75, 3.05) is 0 Å². The number of benzene rings is 7. The van der Waals surface area contributed by atoms with E-state index in [4.69, 9.17) is 9.97 Å². The van der Waals surface area contributed by atoms with Crippen LogP contribution in [0.4, 0.5) is 0 Å². The van der Waals surface area contributed by atoms with Crippen molar-refractivity contribution in [1.29, 1.82) is 0 Å². The van der Waals surface area contributed by atoms with Crippen LogP contribution in [0.25, 0.3) is 92.0 Å². The van der Waals surface area contributed by atoms with E-state index in [2.05, 4.69) is 150 Å². The first-order chi connectivity index (χ1) is 22.8. The Bertz CT molecular complexity index is 2810. The lowest BCUT2D eigenvalue weighted by molar-refractivity contribution is 1.01. The molecular weight excluding hydrogens is 579 g/mol. The minimum absolute atomic E-state index is 0.669. The maximum absolute atomic E-state index is 5.38. The zero-order valence-electron chi connectivity index (χ0n) is 24.7. The number of hydrogen-bond acceptors (Lipinski definition) is 3. The minimum Gasteiger partial charge on any atom is -0.277 e. The molecular formula is C42H25N3S. The van der Waals surface area contributed by atoms with Crippen LogP contribution in [-0.4, -0.2) is 14.5 Å². The molecule has 0 amide bonds. The summed E-state index contributed by atoms with van der Waals surface area (Å²) < 4.78 is 4.89. The van der Waals surface area contributed by atoms with Crippen LogP contribution in [0.5, 0.6) is 0 Å². The maximum atomic E-state index is 5.38. The van der Waals surface area contributed by atoms with Crippen molar-refractivity contribution >= 4 is 75.0 Å². The van der Waals surface area contributed by atoms with Gasteiger partial charge in [0.1, 0.15) is 0 Å². The zero-order valence-corrected chi connectivity index (χ0v) is 25.5. The summed E-state index contributed by atoms with van der Waals surface area (Å²) in [6.45, 7) is 0. The lowest BCUT2D eigenvalue weighted by Gasteiger charge is -2.14. The smallest absolute Gasteiger partial charge is 0.235 e. The van der Waals surface area contributed by atoms with E-state index < -0.39 is 0 Å². The van der Waals surface area contributed by atoms with Gasteiger partial charge in [0.25, 0.3) is 0 Å². The van der Waals surface area contributed by atoms with Gasteiger partial charge in [0.05, 0.1) is 22.2 Å². The second kappa shape index (κ2) is 9.83. The second-order valence-electron chi connectivity index (χ2n) is 11.8. The molecule has 10 aromatic rings. The first kappa shape index (κ1) is 25.5. The molecule has 0 radical (unpaired) electrons. The fraction of sp³-hybridized carbons (Fsp3) is 0. The molecule has 46 heavy (non-hydrogen) atoms. The third-order valence-corrected chi connectivity index (χ3v) is 10.3. The molecule has 0 N–H and O–H groups in total. The molecule has 10 rings (SSSR count). The van der Waals surface area contributed by atoms with Crippen molar-refractivity contribution in [3.8, 4) is 28.3 Å². The van der Waals surface area contributed by atoms with Crippen molar-refractivity contribution < 1.29 is 0 Å². The molecule has 0 aliphatic rings. The van der Waals surface area contributed by atoms with Crippen LogP contribution in [0.3, 0.4) is 0 Å². The highest BCUT2D eigenvalue weighted by molar-refractivity contribution is 7.25. The average Bonchev–Trinajstić information content (AvgIpc) is 3.66. The molecule has 0 saturated heterocycles. The molecule has 214 valence electrons. The Balaban J connectivity index is 1.39. The normalized spacial score (nSPS) is 11.9. The number of aromatic nitrogens is 3. The Kier molecular flexibility index (Phi) is 5.45. The van der Waals surface area contributed by atoms with E-state index in [-0.39, 0.29) is 0 Å². The number of thiophene rings is 1. The van der Waals surface area contributed by atoms with E-state index in [1.165, 1.54) is 52.8 Å². The second-order valence-corrected chi connectivity index (χ2v) is 12.9. The van der Waals surface area contributed by atoms with Crippen molar-refractivity contribution in [3.63, 3.8) is 0 Å². The molecule has 0 aliphatic heterocycles. The lowest BCUT2D eigenvalue weighted by Crippen LogP contribution is -2.04. The monoisotopic (exact) mass is 603 g/mol. The average molecular weight is 604 g/mol. The molecule has 0 unspecified atom stereocenters. The highest BCUT2D eigenvalue weighted by atomic mass is 32.1. The van der Waals surface area contributed by atoms with Crippen molar-refractivity contribution in [3.05, 3.63) is 152 Å². The summed E-state index contributed by atoms with van der Waals surface area (Å²) in [4.78, 5) is 10.7. The molecule has 0 fully saturated rings. The maximum Gasteiger partial charge on any atom is 0.235 e. The zero-order chi connectivity index (χ0) is 30.2. The summed E-state index contributed by atoms with van der Waals surface area (Å²) in [6, 6.07) is 54.2. The number of fused-ring (bicyclic) bond motifs is 8. The summed E-state index contributed by atoms with van der Waals surface area (Å²) in [6.07, 6.45) is 0. The summed E-state index contributed by atoms with van der Waals surface area (Å²) in [5, 5.41) is 8.41. The first-order valence-corrected chi connectivity index (χ1v) is 16.3. The Morgan fingerprint density at radius 2 is 1.15 bits per heavy atom. The summed E-state index contributed by atoms with van der Waals surface area (Å²) >= 11 is 1.85. The Labute approximate surface area is 268 Å².